The van der Waals surface area contributed by atoms with Crippen LogP contribution in [0.15, 0.2) is 48.6 Å². The van der Waals surface area contributed by atoms with Gasteiger partial charge in [-0.3, -0.25) is 9.59 Å². The number of allylic oxidation sites excluding steroid dienone is 8. The number of aliphatic hydroxyl groups excluding tert-OH is 1. The van der Waals surface area contributed by atoms with Crippen LogP contribution in [0.5, 0.6) is 0 Å². The van der Waals surface area contributed by atoms with E-state index in [1.807, 2.05) is 0 Å². The van der Waals surface area contributed by atoms with Crippen molar-refractivity contribution in [2.75, 3.05) is 13.2 Å². The summed E-state index contributed by atoms with van der Waals surface area (Å²) < 4.78 is 10.6. The van der Waals surface area contributed by atoms with Gasteiger partial charge in [-0.25, -0.2) is 0 Å². The van der Waals surface area contributed by atoms with E-state index in [1.54, 1.807) is 0 Å². The zero-order chi connectivity index (χ0) is 36.4. The van der Waals surface area contributed by atoms with E-state index in [-0.39, 0.29) is 25.2 Å². The molecular formula is C45H80O5. The van der Waals surface area contributed by atoms with Gasteiger partial charge < -0.3 is 14.6 Å². The third kappa shape index (κ3) is 38.7. The fourth-order valence-electron chi connectivity index (χ4n) is 5.90. The first-order valence-electron chi connectivity index (χ1n) is 21.2. The Morgan fingerprint density at radius 1 is 0.460 bits per heavy atom. The lowest BCUT2D eigenvalue weighted by atomic mass is 10.0. The number of aliphatic hydroxyl groups is 1. The molecule has 1 atom stereocenters. The van der Waals surface area contributed by atoms with E-state index < -0.39 is 6.10 Å². The van der Waals surface area contributed by atoms with Crippen molar-refractivity contribution in [3.8, 4) is 0 Å². The molecule has 0 radical (unpaired) electrons. The van der Waals surface area contributed by atoms with Crippen molar-refractivity contribution in [2.24, 2.45) is 0 Å². The number of rotatable bonds is 38. The van der Waals surface area contributed by atoms with Crippen molar-refractivity contribution < 1.29 is 24.2 Å². The average Bonchev–Trinajstić information content (AvgIpc) is 3.12. The minimum atomic E-state index is -0.791. The quantitative estimate of drug-likeness (QED) is 0.0394. The molecule has 0 spiro atoms. The molecule has 0 amide bonds. The Bertz CT molecular complexity index is 842. The molecule has 0 saturated carbocycles. The molecule has 0 aliphatic carbocycles. The lowest BCUT2D eigenvalue weighted by Crippen LogP contribution is -2.28. The van der Waals surface area contributed by atoms with Crippen LogP contribution in [0.4, 0.5) is 0 Å². The lowest BCUT2D eigenvalue weighted by Gasteiger charge is -2.15. The van der Waals surface area contributed by atoms with Crippen molar-refractivity contribution in [1.29, 1.82) is 0 Å². The summed E-state index contributed by atoms with van der Waals surface area (Å²) in [7, 11) is 0. The lowest BCUT2D eigenvalue weighted by molar-refractivity contribution is -0.161. The van der Waals surface area contributed by atoms with Crippen LogP contribution >= 0.6 is 0 Å². The number of ether oxygens (including phenoxy) is 2. The minimum absolute atomic E-state index is 0.0927. The highest BCUT2D eigenvalue weighted by Crippen LogP contribution is 2.14. The Labute approximate surface area is 309 Å². The summed E-state index contributed by atoms with van der Waals surface area (Å²) in [5.41, 5.74) is 0. The Kier molecular flexibility index (Phi) is 39.5. The zero-order valence-corrected chi connectivity index (χ0v) is 32.9. The molecule has 0 aromatic heterocycles. The fourth-order valence-corrected chi connectivity index (χ4v) is 5.90. The molecule has 1 N–H and O–H groups in total. The summed E-state index contributed by atoms with van der Waals surface area (Å²) in [6.45, 7) is 4.09. The number of esters is 2. The van der Waals surface area contributed by atoms with Gasteiger partial charge in [0, 0.05) is 12.8 Å². The summed E-state index contributed by atoms with van der Waals surface area (Å²) in [4.78, 5) is 24.3. The Morgan fingerprint density at radius 2 is 0.820 bits per heavy atom. The van der Waals surface area contributed by atoms with Crippen molar-refractivity contribution >= 4 is 11.9 Å². The summed E-state index contributed by atoms with van der Waals surface area (Å²) in [5, 5.41) is 9.56. The zero-order valence-electron chi connectivity index (χ0n) is 32.9. The molecule has 0 rings (SSSR count). The van der Waals surface area contributed by atoms with E-state index in [2.05, 4.69) is 62.5 Å². The fraction of sp³-hybridized carbons (Fsp3) is 0.778. The highest BCUT2D eigenvalue weighted by atomic mass is 16.6. The predicted octanol–water partition coefficient (Wildman–Crippen LogP) is 13.4. The predicted molar refractivity (Wildman–Crippen MR) is 214 cm³/mol. The first-order chi connectivity index (χ1) is 24.6. The molecule has 0 aromatic carbocycles. The van der Waals surface area contributed by atoms with Crippen LogP contribution in [0.2, 0.25) is 0 Å². The van der Waals surface area contributed by atoms with Gasteiger partial charge in [-0.05, 0) is 51.4 Å². The van der Waals surface area contributed by atoms with E-state index in [0.29, 0.717) is 19.3 Å². The van der Waals surface area contributed by atoms with Gasteiger partial charge in [-0.2, -0.15) is 0 Å². The van der Waals surface area contributed by atoms with Gasteiger partial charge in [0.2, 0.25) is 0 Å². The molecule has 0 aromatic rings. The largest absolute Gasteiger partial charge is 0.462 e. The van der Waals surface area contributed by atoms with Crippen LogP contribution in [0.3, 0.4) is 0 Å². The van der Waals surface area contributed by atoms with Gasteiger partial charge in [-0.1, -0.05) is 191 Å². The third-order valence-electron chi connectivity index (χ3n) is 9.13. The van der Waals surface area contributed by atoms with Crippen molar-refractivity contribution in [1.82, 2.24) is 0 Å². The average molecular weight is 701 g/mol. The number of carbonyl (C=O) groups is 2. The normalized spacial score (nSPS) is 12.6. The van der Waals surface area contributed by atoms with E-state index in [4.69, 9.17) is 9.47 Å². The van der Waals surface area contributed by atoms with E-state index >= 15 is 0 Å². The molecule has 0 bridgehead atoms. The van der Waals surface area contributed by atoms with E-state index in [0.717, 1.165) is 44.9 Å². The van der Waals surface area contributed by atoms with Gasteiger partial charge in [0.05, 0.1) is 6.61 Å². The minimum Gasteiger partial charge on any atom is -0.462 e. The second-order valence-corrected chi connectivity index (χ2v) is 14.1. The Balaban J connectivity index is 3.64. The van der Waals surface area contributed by atoms with Crippen LogP contribution in [-0.2, 0) is 19.1 Å². The standard InChI is InChI=1S/C45H80O5/c1-3-5-7-9-11-13-15-17-19-20-21-22-23-24-26-27-29-31-33-35-37-39-44(47)49-42-43(41-46)50-45(48)40-38-36-34-32-30-28-25-18-16-14-12-10-8-6-4-2/h19-20,22-23,26-27,31,33,43,46H,3-18,21,24-25,28-30,32,34-42H2,1-2H3/b20-19+,23-22+,27-26+,33-31+/t43-/m0/s1. The molecule has 0 unspecified atom stereocenters. The van der Waals surface area contributed by atoms with Crippen molar-refractivity contribution in [3.05, 3.63) is 48.6 Å². The second kappa shape index (κ2) is 41.3. The maximum atomic E-state index is 12.2. The molecule has 0 fully saturated rings. The first kappa shape index (κ1) is 47.9. The topological polar surface area (TPSA) is 72.8 Å². The van der Waals surface area contributed by atoms with E-state index in [9.17, 15) is 14.7 Å². The van der Waals surface area contributed by atoms with Gasteiger partial charge in [-0.15, -0.1) is 0 Å². The number of carbonyl (C=O) groups excluding carboxylic acids is 2. The van der Waals surface area contributed by atoms with Crippen LogP contribution in [0.25, 0.3) is 0 Å². The highest BCUT2D eigenvalue weighted by molar-refractivity contribution is 5.70. The van der Waals surface area contributed by atoms with Crippen LogP contribution in [0.1, 0.15) is 206 Å². The van der Waals surface area contributed by atoms with Crippen LogP contribution in [0, 0.1) is 0 Å². The summed E-state index contributed by atoms with van der Waals surface area (Å²) in [5.74, 6) is -0.652. The van der Waals surface area contributed by atoms with Gasteiger partial charge in [0.25, 0.3) is 0 Å². The summed E-state index contributed by atoms with van der Waals surface area (Å²) in [6, 6.07) is 0. The molecule has 5 nitrogen and oxygen atoms in total. The number of unbranched alkanes of at least 4 members (excludes halogenated alkanes) is 22. The van der Waals surface area contributed by atoms with Gasteiger partial charge in [0.1, 0.15) is 6.61 Å². The molecule has 290 valence electrons. The number of hydrogen-bond acceptors (Lipinski definition) is 5. The molecule has 0 saturated heterocycles. The molecule has 50 heavy (non-hydrogen) atoms. The molecule has 0 heterocycles. The highest BCUT2D eigenvalue weighted by Gasteiger charge is 2.16. The van der Waals surface area contributed by atoms with Gasteiger partial charge >= 0.3 is 11.9 Å². The van der Waals surface area contributed by atoms with E-state index in [1.165, 1.54) is 128 Å². The van der Waals surface area contributed by atoms with Crippen molar-refractivity contribution in [2.45, 2.75) is 213 Å². The van der Waals surface area contributed by atoms with Gasteiger partial charge in [0.15, 0.2) is 6.10 Å². The summed E-state index contributed by atoms with van der Waals surface area (Å²) in [6.07, 6.45) is 51.8. The smallest absolute Gasteiger partial charge is 0.306 e. The first-order valence-corrected chi connectivity index (χ1v) is 21.2. The third-order valence-corrected chi connectivity index (χ3v) is 9.13. The molecular weight excluding hydrogens is 620 g/mol. The SMILES string of the molecule is CCCCCCCCC/C=C/C/C=C/C/C=C/C/C=C/CCCC(=O)OC[C@H](CO)OC(=O)CCCCCCCCCCCCCCCCC. The second-order valence-electron chi connectivity index (χ2n) is 14.1. The monoisotopic (exact) mass is 701 g/mol. The summed E-state index contributed by atoms with van der Waals surface area (Å²) >= 11 is 0. The van der Waals surface area contributed by atoms with Crippen LogP contribution in [-0.4, -0.2) is 36.4 Å². The Hall–Kier alpha value is -2.14. The maximum absolute atomic E-state index is 12.2. The van der Waals surface area contributed by atoms with Crippen LogP contribution < -0.4 is 0 Å². The Morgan fingerprint density at radius 3 is 1.26 bits per heavy atom. The molecule has 5 heteroatoms. The number of hydrogen-bond donors (Lipinski definition) is 1. The maximum Gasteiger partial charge on any atom is 0.306 e. The molecule has 0 aliphatic heterocycles. The van der Waals surface area contributed by atoms with Crippen molar-refractivity contribution in [3.63, 3.8) is 0 Å². The molecule has 0 aliphatic rings.